The summed E-state index contributed by atoms with van der Waals surface area (Å²) < 4.78 is 5.52. The molecule has 1 fully saturated rings. The Balaban J connectivity index is 2.42. The molecule has 1 heterocycles. The number of hydrogen-bond acceptors (Lipinski definition) is 6. The van der Waals surface area contributed by atoms with E-state index in [1.807, 2.05) is 6.92 Å². The maximum atomic E-state index is 12.1. The lowest BCUT2D eigenvalue weighted by atomic mass is 10.1. The van der Waals surface area contributed by atoms with E-state index in [4.69, 9.17) is 10.5 Å². The van der Waals surface area contributed by atoms with Crippen LogP contribution in [0.5, 0.6) is 0 Å². The second-order valence-corrected chi connectivity index (χ2v) is 6.62. The molecule has 0 spiro atoms. The van der Waals surface area contributed by atoms with Crippen LogP contribution >= 0.6 is 23.1 Å². The lowest BCUT2D eigenvalue weighted by molar-refractivity contribution is 0.0599. The number of hydrogen-bond donors (Lipinski definition) is 1. The van der Waals surface area contributed by atoms with Crippen LogP contribution in [0.4, 0.5) is 5.69 Å². The Morgan fingerprint density at radius 1 is 1.50 bits per heavy atom. The number of nitrogens with two attached hydrogens (primary N) is 1. The van der Waals surface area contributed by atoms with Crippen molar-refractivity contribution in [1.29, 1.82) is 0 Å². The Hall–Kier alpha value is -1.01. The predicted molar refractivity (Wildman–Crippen MR) is 73.5 cm³/mol. The monoisotopic (exact) mass is 285 g/mol. The fourth-order valence-electron chi connectivity index (χ4n) is 1.66. The molecule has 1 aliphatic rings. The summed E-state index contributed by atoms with van der Waals surface area (Å²) in [6.45, 7) is 1.99. The van der Waals surface area contributed by atoms with Gasteiger partial charge in [0.1, 0.15) is 5.56 Å². The molecule has 1 saturated carbocycles. The standard InChI is InChI=1S/C12H15NO3S2/c1-3-17-12-7(11(15)16-2)8(13)10(18-12)9(14)6-4-5-6/h6H,3-5,13H2,1-2H3. The third-order valence-corrected chi connectivity index (χ3v) is 5.12. The zero-order valence-corrected chi connectivity index (χ0v) is 12.0. The Kier molecular flexibility index (Phi) is 3.97. The molecule has 0 aromatic carbocycles. The van der Waals surface area contributed by atoms with Crippen molar-refractivity contribution in [3.05, 3.63) is 10.4 Å². The van der Waals surface area contributed by atoms with Crippen molar-refractivity contribution in [3.63, 3.8) is 0 Å². The van der Waals surface area contributed by atoms with Gasteiger partial charge in [0.2, 0.25) is 0 Å². The topological polar surface area (TPSA) is 69.4 Å². The van der Waals surface area contributed by atoms with E-state index in [0.29, 0.717) is 16.1 Å². The number of nitrogen functional groups attached to an aromatic ring is 1. The molecule has 2 rings (SSSR count). The Labute approximate surface area is 114 Å². The van der Waals surface area contributed by atoms with Crippen LogP contribution in [-0.4, -0.2) is 24.6 Å². The molecule has 1 aromatic heterocycles. The highest BCUT2D eigenvalue weighted by Gasteiger charge is 2.35. The van der Waals surface area contributed by atoms with Gasteiger partial charge >= 0.3 is 5.97 Å². The lowest BCUT2D eigenvalue weighted by Crippen LogP contribution is -2.07. The molecule has 6 heteroatoms. The number of carbonyl (C=O) groups is 2. The highest BCUT2D eigenvalue weighted by Crippen LogP contribution is 2.43. The van der Waals surface area contributed by atoms with E-state index in [2.05, 4.69) is 0 Å². The van der Waals surface area contributed by atoms with Crippen molar-refractivity contribution in [2.75, 3.05) is 18.6 Å². The minimum atomic E-state index is -0.463. The summed E-state index contributed by atoms with van der Waals surface area (Å²) in [4.78, 5) is 24.3. The maximum absolute atomic E-state index is 12.1. The van der Waals surface area contributed by atoms with Crippen molar-refractivity contribution >= 4 is 40.5 Å². The van der Waals surface area contributed by atoms with Gasteiger partial charge in [-0.3, -0.25) is 4.79 Å². The molecule has 18 heavy (non-hydrogen) atoms. The number of ketones is 1. The van der Waals surface area contributed by atoms with E-state index in [1.165, 1.54) is 30.2 Å². The number of methoxy groups -OCH3 is 1. The zero-order chi connectivity index (χ0) is 13.3. The molecule has 98 valence electrons. The fraction of sp³-hybridized carbons (Fsp3) is 0.500. The zero-order valence-electron chi connectivity index (χ0n) is 10.3. The van der Waals surface area contributed by atoms with Crippen molar-refractivity contribution in [2.45, 2.75) is 24.0 Å². The summed E-state index contributed by atoms with van der Waals surface area (Å²) in [7, 11) is 1.32. The first kappa shape index (κ1) is 13.4. The molecule has 0 bridgehead atoms. The average molecular weight is 285 g/mol. The average Bonchev–Trinajstić information content (AvgIpc) is 3.14. The molecule has 0 saturated heterocycles. The smallest absolute Gasteiger partial charge is 0.342 e. The number of thiophene rings is 1. The van der Waals surface area contributed by atoms with E-state index < -0.39 is 5.97 Å². The van der Waals surface area contributed by atoms with Crippen molar-refractivity contribution in [2.24, 2.45) is 5.92 Å². The molecule has 2 N–H and O–H groups in total. The molecule has 0 unspecified atom stereocenters. The summed E-state index contributed by atoms with van der Waals surface area (Å²) in [5.41, 5.74) is 6.60. The Morgan fingerprint density at radius 2 is 2.17 bits per heavy atom. The molecular formula is C12H15NO3S2. The van der Waals surface area contributed by atoms with Gasteiger partial charge in [-0.15, -0.1) is 23.1 Å². The van der Waals surface area contributed by atoms with Crippen LogP contribution in [0.15, 0.2) is 4.21 Å². The normalized spacial score (nSPS) is 14.6. The van der Waals surface area contributed by atoms with Gasteiger partial charge in [-0.05, 0) is 18.6 Å². The van der Waals surface area contributed by atoms with Crippen LogP contribution in [0.25, 0.3) is 0 Å². The van der Waals surface area contributed by atoms with Gasteiger partial charge in [0.25, 0.3) is 0 Å². The van der Waals surface area contributed by atoms with Crippen LogP contribution in [-0.2, 0) is 4.74 Å². The number of carbonyl (C=O) groups excluding carboxylic acids is 2. The SMILES string of the molecule is CCSc1sc(C(=O)C2CC2)c(N)c1C(=O)OC. The molecule has 0 radical (unpaired) electrons. The van der Waals surface area contributed by atoms with Gasteiger partial charge in [0.15, 0.2) is 5.78 Å². The van der Waals surface area contributed by atoms with Crippen LogP contribution in [0.1, 0.15) is 39.8 Å². The summed E-state index contributed by atoms with van der Waals surface area (Å²) in [6, 6.07) is 0. The summed E-state index contributed by atoms with van der Waals surface area (Å²) in [6.07, 6.45) is 1.86. The van der Waals surface area contributed by atoms with Gasteiger partial charge in [0.05, 0.1) is 21.9 Å². The molecule has 1 aromatic rings. The number of rotatable bonds is 5. The largest absolute Gasteiger partial charge is 0.465 e. The first-order valence-electron chi connectivity index (χ1n) is 5.77. The van der Waals surface area contributed by atoms with Crippen LogP contribution in [0, 0.1) is 5.92 Å². The van der Waals surface area contributed by atoms with Gasteiger partial charge < -0.3 is 10.5 Å². The van der Waals surface area contributed by atoms with E-state index in [9.17, 15) is 9.59 Å². The predicted octanol–water partition coefficient (Wildman–Crippen LogP) is 2.82. The van der Waals surface area contributed by atoms with Gasteiger partial charge in [-0.2, -0.15) is 0 Å². The van der Waals surface area contributed by atoms with Crippen molar-refractivity contribution in [1.82, 2.24) is 0 Å². The number of thioether (sulfide) groups is 1. The van der Waals surface area contributed by atoms with Gasteiger partial charge in [-0.1, -0.05) is 6.92 Å². The van der Waals surface area contributed by atoms with Crippen molar-refractivity contribution < 1.29 is 14.3 Å². The second kappa shape index (κ2) is 5.32. The minimum Gasteiger partial charge on any atom is -0.465 e. The van der Waals surface area contributed by atoms with Gasteiger partial charge in [-0.25, -0.2) is 4.79 Å². The number of Topliss-reactive ketones (excluding diaryl/α,β-unsaturated/α-hetero) is 1. The van der Waals surface area contributed by atoms with Crippen LogP contribution in [0.2, 0.25) is 0 Å². The molecule has 4 nitrogen and oxygen atoms in total. The first-order chi connectivity index (χ1) is 8.60. The van der Waals surface area contributed by atoms with E-state index in [1.54, 1.807) is 0 Å². The highest BCUT2D eigenvalue weighted by atomic mass is 32.2. The maximum Gasteiger partial charge on any atom is 0.342 e. The molecule has 1 aliphatic carbocycles. The van der Waals surface area contributed by atoms with E-state index in [0.717, 1.165) is 22.8 Å². The second-order valence-electron chi connectivity index (χ2n) is 4.07. The summed E-state index contributed by atoms with van der Waals surface area (Å²) >= 11 is 2.83. The molecule has 0 amide bonds. The molecule has 0 aliphatic heterocycles. The Bertz CT molecular complexity index is 492. The van der Waals surface area contributed by atoms with E-state index >= 15 is 0 Å². The highest BCUT2D eigenvalue weighted by molar-refractivity contribution is 8.01. The van der Waals surface area contributed by atoms with Crippen LogP contribution < -0.4 is 5.73 Å². The third-order valence-electron chi connectivity index (χ3n) is 2.75. The van der Waals surface area contributed by atoms with E-state index in [-0.39, 0.29) is 11.7 Å². The number of ether oxygens (including phenoxy) is 1. The number of esters is 1. The summed E-state index contributed by atoms with van der Waals surface area (Å²) in [5, 5.41) is 0. The quantitative estimate of drug-likeness (QED) is 0.512. The lowest BCUT2D eigenvalue weighted by Gasteiger charge is -2.01. The first-order valence-corrected chi connectivity index (χ1v) is 7.57. The summed E-state index contributed by atoms with van der Waals surface area (Å²) in [5.74, 6) is 0.539. The van der Waals surface area contributed by atoms with Gasteiger partial charge in [0, 0.05) is 5.92 Å². The number of anilines is 1. The van der Waals surface area contributed by atoms with Crippen molar-refractivity contribution in [3.8, 4) is 0 Å². The van der Waals surface area contributed by atoms with Crippen LogP contribution in [0.3, 0.4) is 0 Å². The third kappa shape index (κ3) is 2.40. The fourth-order valence-corrected chi connectivity index (χ4v) is 4.06. The molecular weight excluding hydrogens is 270 g/mol. The molecule has 0 atom stereocenters. The Morgan fingerprint density at radius 3 is 2.67 bits per heavy atom. The minimum absolute atomic E-state index is 0.0746.